The molecule has 1 saturated heterocycles. The number of para-hydroxylation sites is 1. The lowest BCUT2D eigenvalue weighted by atomic mass is 10.2. The van der Waals surface area contributed by atoms with E-state index in [2.05, 4.69) is 5.32 Å². The van der Waals surface area contributed by atoms with Crippen LogP contribution in [0.4, 0.5) is 16.2 Å². The first kappa shape index (κ1) is 19.4. The van der Waals surface area contributed by atoms with Gasteiger partial charge in [-0.15, -0.1) is 0 Å². The zero-order chi connectivity index (χ0) is 20.1. The van der Waals surface area contributed by atoms with Crippen molar-refractivity contribution in [3.05, 3.63) is 69.1 Å². The number of non-ortho nitro benzene ring substituents is 1. The molecule has 1 heterocycles. The van der Waals surface area contributed by atoms with Gasteiger partial charge in [0.05, 0.1) is 23.1 Å². The Labute approximate surface area is 165 Å². The van der Waals surface area contributed by atoms with E-state index in [1.54, 1.807) is 24.3 Å². The lowest BCUT2D eigenvalue weighted by molar-refractivity contribution is -0.384. The number of rotatable bonds is 7. The van der Waals surface area contributed by atoms with Crippen molar-refractivity contribution >= 4 is 40.4 Å². The highest BCUT2D eigenvalue weighted by Gasteiger charge is 2.35. The molecule has 0 bridgehead atoms. The van der Waals surface area contributed by atoms with Crippen molar-refractivity contribution in [2.75, 3.05) is 18.6 Å². The average molecular weight is 399 g/mol. The Morgan fingerprint density at radius 2 is 2.00 bits per heavy atom. The van der Waals surface area contributed by atoms with Crippen LogP contribution in [0.15, 0.2) is 53.4 Å². The summed E-state index contributed by atoms with van der Waals surface area (Å²) < 4.78 is 5.54. The number of carbonyl (C=O) groups excluding carboxylic acids is 2. The Kier molecular flexibility index (Phi) is 5.95. The second kappa shape index (κ2) is 8.57. The molecule has 144 valence electrons. The molecule has 1 aliphatic rings. The van der Waals surface area contributed by atoms with Crippen molar-refractivity contribution in [2.24, 2.45) is 0 Å². The summed E-state index contributed by atoms with van der Waals surface area (Å²) >= 11 is 0.841. The molecular weight excluding hydrogens is 382 g/mol. The van der Waals surface area contributed by atoms with E-state index in [0.717, 1.165) is 16.7 Å². The predicted octanol–water partition coefficient (Wildman–Crippen LogP) is 4.10. The van der Waals surface area contributed by atoms with Crippen molar-refractivity contribution in [2.45, 2.75) is 6.92 Å². The molecule has 8 nitrogen and oxygen atoms in total. The number of hydrogen-bond donors (Lipinski definition) is 1. The molecule has 0 aromatic heterocycles. The summed E-state index contributed by atoms with van der Waals surface area (Å²) in [7, 11) is 0. The van der Waals surface area contributed by atoms with Crippen LogP contribution in [0.2, 0.25) is 0 Å². The van der Waals surface area contributed by atoms with Crippen LogP contribution in [0, 0.1) is 10.1 Å². The van der Waals surface area contributed by atoms with Crippen molar-refractivity contribution < 1.29 is 19.2 Å². The number of nitro groups is 1. The van der Waals surface area contributed by atoms with E-state index in [9.17, 15) is 19.7 Å². The average Bonchev–Trinajstić information content (AvgIpc) is 2.95. The first-order valence-electron chi connectivity index (χ1n) is 8.45. The largest absolute Gasteiger partial charge is 0.493 e. The zero-order valence-electron chi connectivity index (χ0n) is 15.0. The first-order valence-corrected chi connectivity index (χ1v) is 9.26. The van der Waals surface area contributed by atoms with E-state index in [1.807, 2.05) is 19.1 Å². The highest BCUT2D eigenvalue weighted by atomic mass is 32.2. The lowest BCUT2D eigenvalue weighted by Gasteiger charge is -2.14. The van der Waals surface area contributed by atoms with Crippen LogP contribution in [0.1, 0.15) is 12.5 Å². The SMILES string of the molecule is CCOc1ccccc1C=C1SC(=O)N(CNc2cccc([N+](=O)[O-])c2)C1=O. The number of hydrogen-bond acceptors (Lipinski definition) is 7. The summed E-state index contributed by atoms with van der Waals surface area (Å²) in [4.78, 5) is 36.5. The van der Waals surface area contributed by atoms with Gasteiger partial charge in [-0.1, -0.05) is 24.3 Å². The Bertz CT molecular complexity index is 960. The number of ether oxygens (including phenoxy) is 1. The molecule has 0 unspecified atom stereocenters. The summed E-state index contributed by atoms with van der Waals surface area (Å²) in [5.74, 6) is 0.200. The van der Waals surface area contributed by atoms with Gasteiger partial charge in [0.25, 0.3) is 16.8 Å². The minimum atomic E-state index is -0.510. The minimum absolute atomic E-state index is 0.0773. The van der Waals surface area contributed by atoms with Crippen molar-refractivity contribution in [3.8, 4) is 5.75 Å². The second-order valence-corrected chi connectivity index (χ2v) is 6.72. The third-order valence-electron chi connectivity index (χ3n) is 3.88. The molecule has 0 spiro atoms. The molecular formula is C19H17N3O5S. The van der Waals surface area contributed by atoms with Crippen LogP contribution in [0.5, 0.6) is 5.75 Å². The van der Waals surface area contributed by atoms with Gasteiger partial charge < -0.3 is 10.1 Å². The Morgan fingerprint density at radius 1 is 1.21 bits per heavy atom. The van der Waals surface area contributed by atoms with Crippen LogP contribution in [0.25, 0.3) is 6.08 Å². The Morgan fingerprint density at radius 3 is 2.75 bits per heavy atom. The van der Waals surface area contributed by atoms with Crippen LogP contribution >= 0.6 is 11.8 Å². The quantitative estimate of drug-likeness (QED) is 0.425. The molecule has 0 atom stereocenters. The molecule has 2 aromatic rings. The number of carbonyl (C=O) groups is 2. The fraction of sp³-hybridized carbons (Fsp3) is 0.158. The van der Waals surface area contributed by atoms with Gasteiger partial charge in [0.15, 0.2) is 0 Å². The number of nitro benzene ring substituents is 1. The van der Waals surface area contributed by atoms with Crippen LogP contribution < -0.4 is 10.1 Å². The number of benzene rings is 2. The van der Waals surface area contributed by atoms with Crippen molar-refractivity contribution in [1.82, 2.24) is 4.90 Å². The maximum Gasteiger partial charge on any atom is 0.295 e. The van der Waals surface area contributed by atoms with Crippen LogP contribution in [-0.2, 0) is 4.79 Å². The molecule has 0 aliphatic carbocycles. The molecule has 28 heavy (non-hydrogen) atoms. The normalized spacial score (nSPS) is 15.2. The van der Waals surface area contributed by atoms with E-state index in [0.29, 0.717) is 23.6 Å². The highest BCUT2D eigenvalue weighted by Crippen LogP contribution is 2.34. The molecule has 3 rings (SSSR count). The third-order valence-corrected chi connectivity index (χ3v) is 4.78. The number of imide groups is 1. The summed E-state index contributed by atoms with van der Waals surface area (Å²) in [6, 6.07) is 13.1. The van der Waals surface area contributed by atoms with Gasteiger partial charge in [-0.05, 0) is 36.9 Å². The van der Waals surface area contributed by atoms with E-state index in [-0.39, 0.29) is 17.3 Å². The van der Waals surface area contributed by atoms with Crippen LogP contribution in [0.3, 0.4) is 0 Å². The minimum Gasteiger partial charge on any atom is -0.493 e. The van der Waals surface area contributed by atoms with Gasteiger partial charge in [-0.3, -0.25) is 24.6 Å². The van der Waals surface area contributed by atoms with Gasteiger partial charge in [0.2, 0.25) is 0 Å². The predicted molar refractivity (Wildman–Crippen MR) is 107 cm³/mol. The number of nitrogens with one attached hydrogen (secondary N) is 1. The summed E-state index contributed by atoms with van der Waals surface area (Å²) in [5, 5.41) is 13.3. The molecule has 1 N–H and O–H groups in total. The molecule has 0 saturated carbocycles. The van der Waals surface area contributed by atoms with Gasteiger partial charge in [0, 0.05) is 23.4 Å². The fourth-order valence-electron chi connectivity index (χ4n) is 2.56. The molecule has 1 fully saturated rings. The first-order chi connectivity index (χ1) is 13.5. The van der Waals surface area contributed by atoms with Crippen LogP contribution in [-0.4, -0.2) is 34.2 Å². The smallest absolute Gasteiger partial charge is 0.295 e. The van der Waals surface area contributed by atoms with Crippen molar-refractivity contribution in [1.29, 1.82) is 0 Å². The standard InChI is InChI=1S/C19H17N3O5S/c1-2-27-16-9-4-3-6-13(16)10-17-18(23)21(19(24)28-17)12-20-14-7-5-8-15(11-14)22(25)26/h3-11,20H,2,12H2,1H3. The fourth-order valence-corrected chi connectivity index (χ4v) is 3.39. The zero-order valence-corrected chi connectivity index (χ0v) is 15.8. The van der Waals surface area contributed by atoms with E-state index in [4.69, 9.17) is 4.74 Å². The Balaban J connectivity index is 1.74. The van der Waals surface area contributed by atoms with E-state index >= 15 is 0 Å². The molecule has 9 heteroatoms. The topological polar surface area (TPSA) is 102 Å². The van der Waals surface area contributed by atoms with Gasteiger partial charge in [-0.2, -0.15) is 0 Å². The monoisotopic (exact) mass is 399 g/mol. The molecule has 2 aromatic carbocycles. The maximum absolute atomic E-state index is 12.6. The number of amides is 2. The summed E-state index contributed by atoms with van der Waals surface area (Å²) in [6.07, 6.45) is 1.63. The van der Waals surface area contributed by atoms with Gasteiger partial charge in [0.1, 0.15) is 5.75 Å². The summed E-state index contributed by atoms with van der Waals surface area (Å²) in [6.45, 7) is 2.26. The second-order valence-electron chi connectivity index (χ2n) is 5.72. The lowest BCUT2D eigenvalue weighted by Crippen LogP contribution is -2.33. The van der Waals surface area contributed by atoms with E-state index < -0.39 is 16.1 Å². The van der Waals surface area contributed by atoms with Gasteiger partial charge >= 0.3 is 0 Å². The molecule has 1 aliphatic heterocycles. The van der Waals surface area contributed by atoms with E-state index in [1.165, 1.54) is 18.2 Å². The maximum atomic E-state index is 12.6. The molecule has 2 amide bonds. The van der Waals surface area contributed by atoms with Crippen molar-refractivity contribution in [3.63, 3.8) is 0 Å². The number of thioether (sulfide) groups is 1. The Hall–Kier alpha value is -3.33. The van der Waals surface area contributed by atoms with Gasteiger partial charge in [-0.25, -0.2) is 0 Å². The number of anilines is 1. The number of nitrogens with zero attached hydrogens (tertiary/aromatic N) is 2. The highest BCUT2D eigenvalue weighted by molar-refractivity contribution is 8.18. The summed E-state index contributed by atoms with van der Waals surface area (Å²) in [5.41, 5.74) is 1.08. The third kappa shape index (κ3) is 4.32. The molecule has 0 radical (unpaired) electrons.